The largest absolute Gasteiger partial charge is 0.381 e. The lowest BCUT2D eigenvalue weighted by Crippen LogP contribution is -2.39. The maximum Gasteiger partial charge on any atom is 0.250 e. The number of nitrogens with zero attached hydrogens (tertiary/aromatic N) is 1. The van der Waals surface area contributed by atoms with Crippen LogP contribution in [0.1, 0.15) is 46.5 Å². The van der Waals surface area contributed by atoms with Gasteiger partial charge in [-0.1, -0.05) is 26.7 Å². The maximum atomic E-state index is 11.6. The Hall–Kier alpha value is -1.25. The smallest absolute Gasteiger partial charge is 0.250 e. The van der Waals surface area contributed by atoms with Crippen molar-refractivity contribution in [3.63, 3.8) is 0 Å². The third kappa shape index (κ3) is 2.77. The van der Waals surface area contributed by atoms with E-state index in [-0.39, 0.29) is 5.56 Å². The number of hydrogen-bond donors (Lipinski definition) is 1. The zero-order valence-corrected chi connectivity index (χ0v) is 11.7. The fourth-order valence-electron chi connectivity index (χ4n) is 2.83. The van der Waals surface area contributed by atoms with Gasteiger partial charge < -0.3 is 9.88 Å². The quantitative estimate of drug-likeness (QED) is 0.891. The third-order valence-electron chi connectivity index (χ3n) is 4.17. The monoisotopic (exact) mass is 248 g/mol. The third-order valence-corrected chi connectivity index (χ3v) is 4.17. The fourth-order valence-corrected chi connectivity index (χ4v) is 2.83. The second kappa shape index (κ2) is 5.17. The molecule has 1 heterocycles. The molecule has 1 unspecified atom stereocenters. The molecule has 1 N–H and O–H groups in total. The van der Waals surface area contributed by atoms with Crippen molar-refractivity contribution in [1.29, 1.82) is 0 Å². The van der Waals surface area contributed by atoms with Gasteiger partial charge in [0.1, 0.15) is 0 Å². The van der Waals surface area contributed by atoms with Gasteiger partial charge in [-0.15, -0.1) is 0 Å². The highest BCUT2D eigenvalue weighted by molar-refractivity contribution is 5.42. The molecule has 1 aromatic heterocycles. The van der Waals surface area contributed by atoms with E-state index in [2.05, 4.69) is 19.2 Å². The van der Waals surface area contributed by atoms with E-state index in [1.165, 1.54) is 25.7 Å². The number of hydrogen-bond acceptors (Lipinski definition) is 2. The number of aryl methyl sites for hydroxylation is 1. The van der Waals surface area contributed by atoms with Crippen molar-refractivity contribution >= 4 is 5.69 Å². The van der Waals surface area contributed by atoms with Crippen LogP contribution in [0.5, 0.6) is 0 Å². The van der Waals surface area contributed by atoms with Gasteiger partial charge in [-0.3, -0.25) is 4.79 Å². The Labute approximate surface area is 109 Å². The summed E-state index contributed by atoms with van der Waals surface area (Å²) in [6.45, 7) is 7.39. The molecule has 0 aliphatic heterocycles. The zero-order chi connectivity index (χ0) is 13.2. The van der Waals surface area contributed by atoms with Gasteiger partial charge >= 0.3 is 0 Å². The van der Waals surface area contributed by atoms with Crippen molar-refractivity contribution in [2.24, 2.45) is 5.41 Å². The topological polar surface area (TPSA) is 34.0 Å². The van der Waals surface area contributed by atoms with Crippen molar-refractivity contribution in [1.82, 2.24) is 4.57 Å². The molecule has 1 atom stereocenters. The van der Waals surface area contributed by atoms with E-state index in [4.69, 9.17) is 0 Å². The summed E-state index contributed by atoms with van der Waals surface area (Å²) >= 11 is 0. The minimum absolute atomic E-state index is 0.0750. The van der Waals surface area contributed by atoms with Crippen LogP contribution in [0.4, 0.5) is 5.69 Å². The van der Waals surface area contributed by atoms with Gasteiger partial charge in [0.25, 0.3) is 5.56 Å². The number of anilines is 1. The van der Waals surface area contributed by atoms with Gasteiger partial charge in [0.15, 0.2) is 0 Å². The molecule has 3 nitrogen and oxygen atoms in total. The molecule has 1 aromatic rings. The molecule has 1 fully saturated rings. The molecule has 0 amide bonds. The average Bonchev–Trinajstić information content (AvgIpc) is 2.34. The predicted octanol–water partition coefficient (Wildman–Crippen LogP) is 3.25. The van der Waals surface area contributed by atoms with Crippen molar-refractivity contribution in [2.75, 3.05) is 5.32 Å². The Kier molecular flexibility index (Phi) is 3.79. The molecule has 1 aliphatic carbocycles. The molecule has 0 saturated heterocycles. The van der Waals surface area contributed by atoms with E-state index in [0.29, 0.717) is 11.5 Å². The summed E-state index contributed by atoms with van der Waals surface area (Å²) in [5, 5.41) is 3.61. The van der Waals surface area contributed by atoms with Crippen molar-refractivity contribution in [3.8, 4) is 0 Å². The molecule has 0 radical (unpaired) electrons. The van der Waals surface area contributed by atoms with Crippen LogP contribution < -0.4 is 10.9 Å². The number of nitrogens with one attached hydrogen (secondary N) is 1. The molecular formula is C15H24N2O. The fraction of sp³-hybridized carbons (Fsp3) is 0.667. The van der Waals surface area contributed by atoms with E-state index in [1.54, 1.807) is 10.6 Å². The minimum atomic E-state index is 0.0750. The van der Waals surface area contributed by atoms with Crippen LogP contribution in [0.2, 0.25) is 0 Å². The summed E-state index contributed by atoms with van der Waals surface area (Å²) < 4.78 is 1.75. The highest BCUT2D eigenvalue weighted by Crippen LogP contribution is 2.37. The Morgan fingerprint density at radius 3 is 2.83 bits per heavy atom. The van der Waals surface area contributed by atoms with Gasteiger partial charge in [0.05, 0.1) is 5.69 Å². The van der Waals surface area contributed by atoms with Crippen LogP contribution in [-0.2, 0) is 6.54 Å². The molecule has 100 valence electrons. The van der Waals surface area contributed by atoms with E-state index in [0.717, 1.165) is 12.2 Å². The number of aromatic nitrogens is 1. The first-order valence-electron chi connectivity index (χ1n) is 7.00. The van der Waals surface area contributed by atoms with Crippen LogP contribution in [0, 0.1) is 5.41 Å². The van der Waals surface area contributed by atoms with E-state index in [1.807, 2.05) is 19.2 Å². The van der Waals surface area contributed by atoms with Crippen LogP contribution in [0.25, 0.3) is 0 Å². The van der Waals surface area contributed by atoms with E-state index < -0.39 is 0 Å². The Balaban J connectivity index is 2.15. The Bertz CT molecular complexity index is 462. The normalized spacial score (nSPS) is 22.7. The van der Waals surface area contributed by atoms with E-state index in [9.17, 15) is 4.79 Å². The maximum absolute atomic E-state index is 11.6. The molecule has 1 aliphatic rings. The molecule has 18 heavy (non-hydrogen) atoms. The van der Waals surface area contributed by atoms with Gasteiger partial charge in [0, 0.05) is 24.8 Å². The number of pyridine rings is 1. The first kappa shape index (κ1) is 13.2. The van der Waals surface area contributed by atoms with E-state index >= 15 is 0 Å². The van der Waals surface area contributed by atoms with Crippen LogP contribution in [0.3, 0.4) is 0 Å². The summed E-state index contributed by atoms with van der Waals surface area (Å²) in [6.07, 6.45) is 7.07. The SMILES string of the molecule is CCn1cc(NC2CCCCC2(C)C)ccc1=O. The summed E-state index contributed by atoms with van der Waals surface area (Å²) in [7, 11) is 0. The second-order valence-electron chi connectivity index (χ2n) is 5.97. The van der Waals surface area contributed by atoms with Crippen LogP contribution in [0.15, 0.2) is 23.1 Å². The molecule has 0 spiro atoms. The highest BCUT2D eigenvalue weighted by atomic mass is 16.1. The summed E-state index contributed by atoms with van der Waals surface area (Å²) in [6, 6.07) is 4.06. The lowest BCUT2D eigenvalue weighted by molar-refractivity contribution is 0.217. The van der Waals surface area contributed by atoms with Crippen LogP contribution >= 0.6 is 0 Å². The lowest BCUT2D eigenvalue weighted by atomic mass is 9.73. The summed E-state index contributed by atoms with van der Waals surface area (Å²) in [5.41, 5.74) is 1.48. The van der Waals surface area contributed by atoms with Crippen molar-refractivity contribution in [3.05, 3.63) is 28.7 Å². The standard InChI is InChI=1S/C15H24N2O/c1-4-17-11-12(8-9-14(17)18)16-13-7-5-6-10-15(13,2)3/h8-9,11,13,16H,4-7,10H2,1-3H3. The lowest BCUT2D eigenvalue weighted by Gasteiger charge is -2.39. The first-order valence-corrected chi connectivity index (χ1v) is 7.00. The highest BCUT2D eigenvalue weighted by Gasteiger charge is 2.31. The summed E-state index contributed by atoms with van der Waals surface area (Å²) in [4.78, 5) is 11.6. The Morgan fingerprint density at radius 1 is 1.39 bits per heavy atom. The van der Waals surface area contributed by atoms with Crippen molar-refractivity contribution < 1.29 is 0 Å². The van der Waals surface area contributed by atoms with Gasteiger partial charge in [-0.25, -0.2) is 0 Å². The van der Waals surface area contributed by atoms with Gasteiger partial charge in [-0.05, 0) is 31.2 Å². The first-order chi connectivity index (χ1) is 8.53. The van der Waals surface area contributed by atoms with Gasteiger partial charge in [0.2, 0.25) is 0 Å². The molecule has 0 bridgehead atoms. The Morgan fingerprint density at radius 2 is 2.17 bits per heavy atom. The molecule has 0 aromatic carbocycles. The zero-order valence-electron chi connectivity index (χ0n) is 11.7. The average molecular weight is 248 g/mol. The van der Waals surface area contributed by atoms with Gasteiger partial charge in [-0.2, -0.15) is 0 Å². The second-order valence-corrected chi connectivity index (χ2v) is 5.97. The summed E-state index contributed by atoms with van der Waals surface area (Å²) in [5.74, 6) is 0. The number of rotatable bonds is 3. The van der Waals surface area contributed by atoms with Crippen molar-refractivity contribution in [2.45, 2.75) is 59.0 Å². The molecule has 1 saturated carbocycles. The molecular weight excluding hydrogens is 224 g/mol. The predicted molar refractivity (Wildman–Crippen MR) is 76.0 cm³/mol. The molecule has 2 rings (SSSR count). The van der Waals surface area contributed by atoms with Crippen LogP contribution in [-0.4, -0.2) is 10.6 Å². The minimum Gasteiger partial charge on any atom is -0.381 e. The molecule has 3 heteroatoms.